The van der Waals surface area contributed by atoms with Crippen molar-refractivity contribution in [2.75, 3.05) is 5.32 Å². The number of hydrogen-bond acceptors (Lipinski definition) is 3. The number of aromatic amines is 1. The monoisotopic (exact) mass is 442 g/mol. The van der Waals surface area contributed by atoms with Gasteiger partial charge in [0.25, 0.3) is 5.91 Å². The van der Waals surface area contributed by atoms with E-state index < -0.39 is 0 Å². The summed E-state index contributed by atoms with van der Waals surface area (Å²) >= 11 is 3.45. The maximum atomic E-state index is 13.1. The predicted octanol–water partition coefficient (Wildman–Crippen LogP) is 5.79. The van der Waals surface area contributed by atoms with E-state index in [1.54, 1.807) is 0 Å². The molecule has 1 amide bonds. The number of halogens is 1. The minimum absolute atomic E-state index is 0.235. The smallest absolute Gasteiger partial charge is 0.258 e. The van der Waals surface area contributed by atoms with Gasteiger partial charge < -0.3 is 4.98 Å². The number of carbonyl (C=O) groups is 1. The van der Waals surface area contributed by atoms with Crippen LogP contribution in [0.3, 0.4) is 0 Å². The van der Waals surface area contributed by atoms with Crippen molar-refractivity contribution in [1.82, 2.24) is 15.0 Å². The molecule has 2 N–H and O–H groups in total. The molecule has 140 valence electrons. The number of pyridine rings is 1. The van der Waals surface area contributed by atoms with E-state index >= 15 is 0 Å². The minimum Gasteiger partial charge on any atom is -0.324 e. The number of carbonyl (C=O) groups excluding carboxylic acids is 1. The fourth-order valence-electron chi connectivity index (χ4n) is 3.32. The third-order valence-electron chi connectivity index (χ3n) is 4.72. The average molecular weight is 443 g/mol. The highest BCUT2D eigenvalue weighted by atomic mass is 79.9. The number of para-hydroxylation sites is 3. The van der Waals surface area contributed by atoms with Gasteiger partial charge in [-0.25, -0.2) is 9.97 Å². The van der Waals surface area contributed by atoms with Crippen LogP contribution in [0.15, 0.2) is 83.3 Å². The Balaban J connectivity index is 1.58. The fraction of sp³-hybridized carbons (Fsp3) is 0. The zero-order valence-corrected chi connectivity index (χ0v) is 16.8. The quantitative estimate of drug-likeness (QED) is 0.371. The van der Waals surface area contributed by atoms with Crippen molar-refractivity contribution in [2.45, 2.75) is 0 Å². The maximum Gasteiger partial charge on any atom is 0.258 e. The number of aromatic nitrogens is 3. The van der Waals surface area contributed by atoms with E-state index in [2.05, 4.69) is 31.2 Å². The number of amides is 1. The SMILES string of the molecule is O=C(Nc1nc2ccccc2[nH]1)c1cc(-c2ccc(Br)cc2)nc2ccccc12. The number of rotatable bonds is 3. The fourth-order valence-corrected chi connectivity index (χ4v) is 3.58. The number of hydrogen-bond donors (Lipinski definition) is 2. The van der Waals surface area contributed by atoms with E-state index in [-0.39, 0.29) is 5.91 Å². The third-order valence-corrected chi connectivity index (χ3v) is 5.25. The van der Waals surface area contributed by atoms with Crippen molar-refractivity contribution < 1.29 is 4.79 Å². The van der Waals surface area contributed by atoms with Crippen molar-refractivity contribution in [3.8, 4) is 11.3 Å². The summed E-state index contributed by atoms with van der Waals surface area (Å²) in [4.78, 5) is 25.5. The number of anilines is 1. The molecule has 0 aliphatic rings. The zero-order valence-electron chi connectivity index (χ0n) is 15.2. The van der Waals surface area contributed by atoms with Gasteiger partial charge in [0.05, 0.1) is 27.8 Å². The standard InChI is InChI=1S/C23H15BrN4O/c24-15-11-9-14(10-12-15)21-13-17(16-5-1-2-6-18(16)25-21)22(29)28-23-26-19-7-3-4-8-20(19)27-23/h1-13H,(H2,26,27,28,29). The van der Waals surface area contributed by atoms with E-state index in [0.29, 0.717) is 11.5 Å². The molecule has 0 radical (unpaired) electrons. The van der Waals surface area contributed by atoms with Crippen LogP contribution < -0.4 is 5.32 Å². The Morgan fingerprint density at radius 2 is 1.59 bits per heavy atom. The topological polar surface area (TPSA) is 70.7 Å². The molecule has 2 heterocycles. The van der Waals surface area contributed by atoms with Gasteiger partial charge in [-0.1, -0.05) is 58.4 Å². The molecule has 0 aliphatic carbocycles. The number of nitrogens with one attached hydrogen (secondary N) is 2. The van der Waals surface area contributed by atoms with Gasteiger partial charge in [0.1, 0.15) is 0 Å². The summed E-state index contributed by atoms with van der Waals surface area (Å²) in [7, 11) is 0. The summed E-state index contributed by atoms with van der Waals surface area (Å²) in [6.45, 7) is 0. The van der Waals surface area contributed by atoms with Crippen LogP contribution in [0.2, 0.25) is 0 Å². The Bertz CT molecular complexity index is 1330. The van der Waals surface area contributed by atoms with Gasteiger partial charge in [0, 0.05) is 15.4 Å². The highest BCUT2D eigenvalue weighted by molar-refractivity contribution is 9.10. The van der Waals surface area contributed by atoms with Crippen molar-refractivity contribution in [1.29, 1.82) is 0 Å². The molecule has 0 spiro atoms. The van der Waals surface area contributed by atoms with Crippen molar-refractivity contribution in [3.63, 3.8) is 0 Å². The highest BCUT2D eigenvalue weighted by Gasteiger charge is 2.15. The Morgan fingerprint density at radius 1 is 0.862 bits per heavy atom. The lowest BCUT2D eigenvalue weighted by Gasteiger charge is -2.10. The first-order valence-electron chi connectivity index (χ1n) is 9.09. The number of benzene rings is 3. The van der Waals surface area contributed by atoms with Crippen LogP contribution in [0.1, 0.15) is 10.4 Å². The lowest BCUT2D eigenvalue weighted by molar-refractivity contribution is 0.102. The van der Waals surface area contributed by atoms with Gasteiger partial charge in [-0.2, -0.15) is 0 Å². The summed E-state index contributed by atoms with van der Waals surface area (Å²) in [6.07, 6.45) is 0. The lowest BCUT2D eigenvalue weighted by atomic mass is 10.0. The minimum atomic E-state index is -0.235. The molecule has 0 fully saturated rings. The second-order valence-corrected chi connectivity index (χ2v) is 7.55. The van der Waals surface area contributed by atoms with Gasteiger partial charge in [0.15, 0.2) is 0 Å². The molecular weight excluding hydrogens is 428 g/mol. The largest absolute Gasteiger partial charge is 0.324 e. The molecule has 0 atom stereocenters. The van der Waals surface area contributed by atoms with Crippen LogP contribution in [0.4, 0.5) is 5.95 Å². The van der Waals surface area contributed by atoms with E-state index in [1.807, 2.05) is 78.9 Å². The van der Waals surface area contributed by atoms with E-state index in [0.717, 1.165) is 37.7 Å². The molecule has 5 aromatic rings. The zero-order chi connectivity index (χ0) is 19.8. The average Bonchev–Trinajstić information content (AvgIpc) is 3.15. The molecule has 0 saturated carbocycles. The van der Waals surface area contributed by atoms with E-state index in [4.69, 9.17) is 4.98 Å². The normalized spacial score (nSPS) is 11.1. The molecule has 5 rings (SSSR count). The van der Waals surface area contributed by atoms with Crippen molar-refractivity contribution in [3.05, 3.63) is 88.9 Å². The van der Waals surface area contributed by atoms with Gasteiger partial charge in [0.2, 0.25) is 5.95 Å². The van der Waals surface area contributed by atoms with Crippen LogP contribution in [0.5, 0.6) is 0 Å². The Labute approximate surface area is 175 Å². The number of imidazole rings is 1. The van der Waals surface area contributed by atoms with Gasteiger partial charge in [-0.3, -0.25) is 10.1 Å². The number of fused-ring (bicyclic) bond motifs is 2. The second kappa shape index (κ2) is 7.14. The van der Waals surface area contributed by atoms with Crippen molar-refractivity contribution >= 4 is 49.7 Å². The maximum absolute atomic E-state index is 13.1. The van der Waals surface area contributed by atoms with Gasteiger partial charge in [-0.15, -0.1) is 0 Å². The number of H-pyrrole nitrogens is 1. The van der Waals surface area contributed by atoms with E-state index in [1.165, 1.54) is 0 Å². The first-order chi connectivity index (χ1) is 14.2. The molecular formula is C23H15BrN4O. The van der Waals surface area contributed by atoms with Crippen LogP contribution in [-0.4, -0.2) is 20.9 Å². The summed E-state index contributed by atoms with van der Waals surface area (Å²) in [5, 5.41) is 3.68. The van der Waals surface area contributed by atoms with Gasteiger partial charge in [-0.05, 0) is 36.4 Å². The molecule has 6 heteroatoms. The second-order valence-electron chi connectivity index (χ2n) is 6.64. The lowest BCUT2D eigenvalue weighted by Crippen LogP contribution is -2.14. The van der Waals surface area contributed by atoms with Crippen molar-refractivity contribution in [2.24, 2.45) is 0 Å². The van der Waals surface area contributed by atoms with Crippen LogP contribution in [-0.2, 0) is 0 Å². The molecule has 0 aliphatic heterocycles. The molecule has 2 aromatic heterocycles. The molecule has 29 heavy (non-hydrogen) atoms. The Hall–Kier alpha value is -3.51. The highest BCUT2D eigenvalue weighted by Crippen LogP contribution is 2.26. The van der Waals surface area contributed by atoms with Crippen LogP contribution >= 0.6 is 15.9 Å². The molecule has 0 unspecified atom stereocenters. The number of nitrogens with zero attached hydrogens (tertiary/aromatic N) is 2. The predicted molar refractivity (Wildman–Crippen MR) is 119 cm³/mol. The van der Waals surface area contributed by atoms with E-state index in [9.17, 15) is 4.79 Å². The van der Waals surface area contributed by atoms with Crippen LogP contribution in [0, 0.1) is 0 Å². The Morgan fingerprint density at radius 3 is 2.38 bits per heavy atom. The summed E-state index contributed by atoms with van der Waals surface area (Å²) in [5.41, 5.74) is 4.68. The Kier molecular flexibility index (Phi) is 4.33. The molecule has 3 aromatic carbocycles. The third kappa shape index (κ3) is 3.39. The summed E-state index contributed by atoms with van der Waals surface area (Å²) in [6, 6.07) is 25.0. The summed E-state index contributed by atoms with van der Waals surface area (Å²) < 4.78 is 0.991. The van der Waals surface area contributed by atoms with Crippen LogP contribution in [0.25, 0.3) is 33.2 Å². The summed E-state index contributed by atoms with van der Waals surface area (Å²) in [5.74, 6) is 0.184. The molecule has 0 bridgehead atoms. The van der Waals surface area contributed by atoms with Gasteiger partial charge >= 0.3 is 0 Å². The first kappa shape index (κ1) is 17.6. The first-order valence-corrected chi connectivity index (χ1v) is 9.88. The molecule has 5 nitrogen and oxygen atoms in total. The molecule has 0 saturated heterocycles.